The molecule has 0 spiro atoms. The van der Waals surface area contributed by atoms with Crippen LogP contribution in [-0.2, 0) is 11.3 Å². The molecule has 2 aliphatic rings. The van der Waals surface area contributed by atoms with Crippen LogP contribution in [0.3, 0.4) is 0 Å². The Bertz CT molecular complexity index is 510. The lowest BCUT2D eigenvalue weighted by Gasteiger charge is -2.39. The second kappa shape index (κ2) is 5.80. The Morgan fingerprint density at radius 3 is 2.86 bits per heavy atom. The van der Waals surface area contributed by atoms with Gasteiger partial charge in [-0.25, -0.2) is 0 Å². The number of rotatable bonds is 3. The molecule has 1 aliphatic carbocycles. The summed E-state index contributed by atoms with van der Waals surface area (Å²) in [6.07, 6.45) is 4.74. The first-order valence-corrected chi connectivity index (χ1v) is 8.14. The molecule has 1 amide bonds. The second-order valence-corrected chi connectivity index (χ2v) is 6.88. The molecule has 0 unspecified atom stereocenters. The average Bonchev–Trinajstić information content (AvgIpc) is 2.93. The molecule has 3 heteroatoms. The maximum absolute atomic E-state index is 13.1. The summed E-state index contributed by atoms with van der Waals surface area (Å²) in [6, 6.07) is 8.49. The van der Waals surface area contributed by atoms with Crippen LogP contribution in [-0.4, -0.2) is 30.9 Å². The molecule has 2 atom stereocenters. The number of fused-ring (bicyclic) bond motifs is 1. The highest BCUT2D eigenvalue weighted by Gasteiger charge is 2.50. The zero-order valence-corrected chi connectivity index (χ0v) is 13.2. The van der Waals surface area contributed by atoms with E-state index in [9.17, 15) is 4.79 Å². The van der Waals surface area contributed by atoms with Gasteiger partial charge in [-0.15, -0.1) is 0 Å². The van der Waals surface area contributed by atoms with Crippen molar-refractivity contribution in [1.29, 1.82) is 0 Å². The largest absolute Gasteiger partial charge is 0.341 e. The van der Waals surface area contributed by atoms with Crippen LogP contribution in [0, 0.1) is 18.3 Å². The third-order valence-corrected chi connectivity index (χ3v) is 5.35. The van der Waals surface area contributed by atoms with Gasteiger partial charge in [0.05, 0.1) is 5.41 Å². The monoisotopic (exact) mass is 286 g/mol. The number of nitrogens with zero attached hydrogens (tertiary/aromatic N) is 1. The highest BCUT2D eigenvalue weighted by atomic mass is 16.2. The van der Waals surface area contributed by atoms with Crippen molar-refractivity contribution in [1.82, 2.24) is 10.2 Å². The Labute approximate surface area is 127 Å². The van der Waals surface area contributed by atoms with E-state index in [1.54, 1.807) is 0 Å². The maximum Gasteiger partial charge on any atom is 0.230 e. The molecule has 1 heterocycles. The summed E-state index contributed by atoms with van der Waals surface area (Å²) in [4.78, 5) is 15.0. The van der Waals surface area contributed by atoms with Gasteiger partial charge in [0.1, 0.15) is 0 Å². The van der Waals surface area contributed by atoms with E-state index in [2.05, 4.69) is 36.5 Å². The number of carbonyl (C=O) groups is 1. The van der Waals surface area contributed by atoms with Gasteiger partial charge in [-0.05, 0) is 37.8 Å². The molecule has 0 bridgehead atoms. The first-order valence-electron chi connectivity index (χ1n) is 8.14. The van der Waals surface area contributed by atoms with Gasteiger partial charge in [-0.1, -0.05) is 42.7 Å². The van der Waals surface area contributed by atoms with Crippen LogP contribution >= 0.6 is 0 Å². The van der Waals surface area contributed by atoms with E-state index < -0.39 is 0 Å². The van der Waals surface area contributed by atoms with Gasteiger partial charge in [0, 0.05) is 20.1 Å². The zero-order chi connectivity index (χ0) is 14.9. The highest BCUT2D eigenvalue weighted by molar-refractivity contribution is 5.83. The number of hydrogen-bond donors (Lipinski definition) is 1. The molecular weight excluding hydrogens is 260 g/mol. The molecule has 2 fully saturated rings. The van der Waals surface area contributed by atoms with Crippen molar-refractivity contribution >= 4 is 5.91 Å². The van der Waals surface area contributed by atoms with Crippen molar-refractivity contribution in [2.75, 3.05) is 20.1 Å². The summed E-state index contributed by atoms with van der Waals surface area (Å²) in [5, 5.41) is 3.46. The lowest BCUT2D eigenvalue weighted by molar-refractivity contribution is -0.144. The smallest absolute Gasteiger partial charge is 0.230 e. The van der Waals surface area contributed by atoms with Crippen LogP contribution < -0.4 is 5.32 Å². The lowest BCUT2D eigenvalue weighted by atomic mass is 9.67. The Morgan fingerprint density at radius 1 is 1.33 bits per heavy atom. The van der Waals surface area contributed by atoms with Gasteiger partial charge in [0.2, 0.25) is 5.91 Å². The molecule has 1 saturated heterocycles. The van der Waals surface area contributed by atoms with Gasteiger partial charge in [-0.3, -0.25) is 4.79 Å². The van der Waals surface area contributed by atoms with Crippen molar-refractivity contribution in [3.8, 4) is 0 Å². The Kier molecular flexibility index (Phi) is 4.03. The number of carbonyl (C=O) groups excluding carboxylic acids is 1. The Balaban J connectivity index is 1.73. The van der Waals surface area contributed by atoms with Crippen LogP contribution in [0.1, 0.15) is 36.8 Å². The van der Waals surface area contributed by atoms with E-state index in [-0.39, 0.29) is 5.41 Å². The van der Waals surface area contributed by atoms with Crippen LogP contribution in [0.2, 0.25) is 0 Å². The molecule has 1 aliphatic heterocycles. The first-order chi connectivity index (χ1) is 10.1. The minimum absolute atomic E-state index is 0.127. The fourth-order valence-electron chi connectivity index (χ4n) is 4.09. The molecule has 21 heavy (non-hydrogen) atoms. The van der Waals surface area contributed by atoms with Crippen LogP contribution in [0.5, 0.6) is 0 Å². The molecule has 1 saturated carbocycles. The minimum Gasteiger partial charge on any atom is -0.341 e. The second-order valence-electron chi connectivity index (χ2n) is 6.88. The van der Waals surface area contributed by atoms with Crippen molar-refractivity contribution in [2.24, 2.45) is 11.3 Å². The fraction of sp³-hybridized carbons (Fsp3) is 0.611. The highest BCUT2D eigenvalue weighted by Crippen LogP contribution is 2.45. The maximum atomic E-state index is 13.1. The molecule has 3 nitrogen and oxygen atoms in total. The number of nitrogens with one attached hydrogen (secondary N) is 1. The summed E-state index contributed by atoms with van der Waals surface area (Å²) in [5.74, 6) is 0.886. The molecule has 3 rings (SSSR count). The first kappa shape index (κ1) is 14.6. The Morgan fingerprint density at radius 2 is 2.10 bits per heavy atom. The van der Waals surface area contributed by atoms with Gasteiger partial charge in [0.25, 0.3) is 0 Å². The van der Waals surface area contributed by atoms with E-state index in [4.69, 9.17) is 0 Å². The van der Waals surface area contributed by atoms with Crippen molar-refractivity contribution in [3.05, 3.63) is 35.4 Å². The predicted octanol–water partition coefficient (Wildman–Crippen LogP) is 2.73. The summed E-state index contributed by atoms with van der Waals surface area (Å²) < 4.78 is 0. The number of amides is 1. The van der Waals surface area contributed by atoms with Crippen LogP contribution in [0.15, 0.2) is 24.3 Å². The Hall–Kier alpha value is -1.35. The van der Waals surface area contributed by atoms with Crippen LogP contribution in [0.25, 0.3) is 0 Å². The quantitative estimate of drug-likeness (QED) is 0.926. The van der Waals surface area contributed by atoms with Crippen LogP contribution in [0.4, 0.5) is 0 Å². The lowest BCUT2D eigenvalue weighted by Crippen LogP contribution is -2.48. The molecular formula is C18H26N2O. The van der Waals surface area contributed by atoms with Gasteiger partial charge in [-0.2, -0.15) is 0 Å². The number of hydrogen-bond acceptors (Lipinski definition) is 2. The number of aryl methyl sites for hydroxylation is 1. The van der Waals surface area contributed by atoms with E-state index in [0.717, 1.165) is 19.5 Å². The van der Waals surface area contributed by atoms with E-state index in [1.165, 1.54) is 30.4 Å². The molecule has 1 aromatic carbocycles. The van der Waals surface area contributed by atoms with Crippen molar-refractivity contribution in [2.45, 2.75) is 39.2 Å². The average molecular weight is 286 g/mol. The molecule has 0 aromatic heterocycles. The van der Waals surface area contributed by atoms with Gasteiger partial charge in [0.15, 0.2) is 0 Å². The minimum atomic E-state index is -0.127. The molecule has 0 radical (unpaired) electrons. The summed E-state index contributed by atoms with van der Waals surface area (Å²) in [5.41, 5.74) is 2.35. The van der Waals surface area contributed by atoms with Gasteiger partial charge < -0.3 is 10.2 Å². The normalized spacial score (nSPS) is 28.2. The fourth-order valence-corrected chi connectivity index (χ4v) is 4.09. The molecule has 1 N–H and O–H groups in total. The third-order valence-electron chi connectivity index (χ3n) is 5.35. The zero-order valence-electron chi connectivity index (χ0n) is 13.2. The van der Waals surface area contributed by atoms with Crippen molar-refractivity contribution in [3.63, 3.8) is 0 Å². The van der Waals surface area contributed by atoms with E-state index in [1.807, 2.05) is 11.9 Å². The van der Waals surface area contributed by atoms with E-state index >= 15 is 0 Å². The van der Waals surface area contributed by atoms with Crippen molar-refractivity contribution < 1.29 is 4.79 Å². The summed E-state index contributed by atoms with van der Waals surface area (Å²) >= 11 is 0. The topological polar surface area (TPSA) is 32.3 Å². The summed E-state index contributed by atoms with van der Waals surface area (Å²) in [6.45, 7) is 4.70. The van der Waals surface area contributed by atoms with Gasteiger partial charge >= 0.3 is 0 Å². The SMILES string of the molecule is Cc1ccc(CN(C)C(=O)[C@@]23CCCC[C@H]2CNC3)cc1. The number of benzene rings is 1. The van der Waals surface area contributed by atoms with E-state index in [0.29, 0.717) is 18.4 Å². The molecule has 1 aromatic rings. The summed E-state index contributed by atoms with van der Waals surface area (Å²) in [7, 11) is 1.96. The predicted molar refractivity (Wildman–Crippen MR) is 84.9 cm³/mol. The third kappa shape index (κ3) is 2.71. The standard InChI is InChI=1S/C18H26N2O/c1-14-6-8-15(9-7-14)12-20(2)17(21)18-10-4-3-5-16(18)11-19-13-18/h6-9,16,19H,3-5,10-13H2,1-2H3/t16-,18+/m0/s1. The molecule has 114 valence electrons.